The molecule has 9 aliphatic rings. The Morgan fingerprint density at radius 2 is 0.585 bits per heavy atom. The average molecular weight is 611 g/mol. The van der Waals surface area contributed by atoms with Crippen LogP contribution in [0.4, 0.5) is 0 Å². The van der Waals surface area contributed by atoms with Crippen LogP contribution in [-0.2, 0) is 16.5 Å². The van der Waals surface area contributed by atoms with Crippen molar-refractivity contribution in [2.24, 2.45) is 47.3 Å². The monoisotopic (exact) mass is 609 g/mol. The van der Waals surface area contributed by atoms with Crippen LogP contribution in [0.2, 0.25) is 0 Å². The second-order valence-electron chi connectivity index (χ2n) is 15.4. The minimum Gasteiger partial charge on any atom is -0.322 e. The van der Waals surface area contributed by atoms with E-state index in [1.165, 1.54) is 96.3 Å². The molecule has 0 amide bonds. The van der Waals surface area contributed by atoms with E-state index >= 15 is 0 Å². The summed E-state index contributed by atoms with van der Waals surface area (Å²) >= 11 is 0. The van der Waals surface area contributed by atoms with Crippen molar-refractivity contribution in [1.29, 1.82) is 0 Å². The van der Waals surface area contributed by atoms with Crippen LogP contribution in [-0.4, -0.2) is 49.3 Å². The number of fused-ring (bicyclic) bond motifs is 20. The van der Waals surface area contributed by atoms with Crippen molar-refractivity contribution in [2.75, 3.05) is 0 Å². The van der Waals surface area contributed by atoms with Gasteiger partial charge in [-0.05, 0) is 80.0 Å². The molecule has 0 aromatic heterocycles. The molecule has 0 radical (unpaired) electrons. The Bertz CT molecular complexity index is 716. The first kappa shape index (κ1) is 28.6. The van der Waals surface area contributed by atoms with Crippen molar-refractivity contribution in [3.05, 3.63) is 6.42 Å². The first-order valence-corrected chi connectivity index (χ1v) is 17.7. The van der Waals surface area contributed by atoms with Gasteiger partial charge in [0.05, 0.1) is 43.2 Å². The third-order valence-corrected chi connectivity index (χ3v) is 13.6. The molecule has 8 bridgehead atoms. The van der Waals surface area contributed by atoms with Gasteiger partial charge in [-0.3, -0.25) is 42.5 Å². The van der Waals surface area contributed by atoms with E-state index in [-0.39, 0.29) is 16.5 Å². The zero-order chi connectivity index (χ0) is 26.2. The predicted molar refractivity (Wildman–Crippen MR) is 157 cm³/mol. The van der Waals surface area contributed by atoms with E-state index in [0.717, 1.165) is 35.5 Å². The quantitative estimate of drug-likeness (QED) is 0.157. The summed E-state index contributed by atoms with van der Waals surface area (Å²) in [5.74, 6) is 5.74. The first-order chi connectivity index (χ1) is 19.8. The molecule has 0 spiro atoms. The fourth-order valence-electron chi connectivity index (χ4n) is 11.7. The molecule has 8 N–H and O–H groups in total. The molecule has 16 unspecified atom stereocenters. The molecule has 0 aromatic rings. The molecule has 4 saturated carbocycles. The minimum atomic E-state index is 0. The van der Waals surface area contributed by atoms with Crippen molar-refractivity contribution in [3.8, 4) is 0 Å². The summed E-state index contributed by atoms with van der Waals surface area (Å²) < 4.78 is 0. The number of hydrogen-bond donors (Lipinski definition) is 8. The van der Waals surface area contributed by atoms with Crippen LogP contribution in [0.15, 0.2) is 0 Å². The molecule has 5 saturated heterocycles. The summed E-state index contributed by atoms with van der Waals surface area (Å²) in [6.45, 7) is 0. The van der Waals surface area contributed by atoms with Gasteiger partial charge in [-0.25, -0.2) is 0 Å². The molecule has 9 rings (SSSR count). The Morgan fingerprint density at radius 3 is 0.927 bits per heavy atom. The fourth-order valence-corrected chi connectivity index (χ4v) is 11.7. The van der Waals surface area contributed by atoms with E-state index in [0.29, 0.717) is 61.2 Å². The molecule has 9 heteroatoms. The molecule has 4 aliphatic carbocycles. The Kier molecular flexibility index (Phi) is 8.27. The van der Waals surface area contributed by atoms with Crippen molar-refractivity contribution in [2.45, 2.75) is 146 Å². The maximum Gasteiger partial charge on any atom is 0.0628 e. The summed E-state index contributed by atoms with van der Waals surface area (Å²) in [4.78, 5) is 0. The van der Waals surface area contributed by atoms with Gasteiger partial charge in [0.15, 0.2) is 0 Å². The van der Waals surface area contributed by atoms with Crippen molar-refractivity contribution in [1.82, 2.24) is 42.5 Å². The van der Waals surface area contributed by atoms with Crippen molar-refractivity contribution in [3.63, 3.8) is 0 Å². The van der Waals surface area contributed by atoms with Crippen LogP contribution < -0.4 is 42.5 Å². The maximum atomic E-state index is 4.25. The molecule has 0 aromatic carbocycles. The van der Waals surface area contributed by atoms with Gasteiger partial charge < -0.3 is 6.42 Å². The average Bonchev–Trinajstić information content (AvgIpc) is 3.73. The third-order valence-electron chi connectivity index (χ3n) is 13.6. The van der Waals surface area contributed by atoms with E-state index in [9.17, 15) is 0 Å². The number of nitrogens with one attached hydrogen (secondary N) is 8. The molecular weight excluding hydrogens is 555 g/mol. The predicted octanol–water partition coefficient (Wildman–Crippen LogP) is 2.42. The Hall–Kier alpha value is 0.174. The summed E-state index contributed by atoms with van der Waals surface area (Å²) in [6, 6.07) is 0. The van der Waals surface area contributed by atoms with Crippen LogP contribution >= 0.6 is 0 Å². The zero-order valence-electron chi connectivity index (χ0n) is 24.7. The van der Waals surface area contributed by atoms with Gasteiger partial charge in [0, 0.05) is 22.7 Å². The summed E-state index contributed by atoms with van der Waals surface area (Å²) in [7, 11) is 0. The van der Waals surface area contributed by atoms with Crippen LogP contribution in [0.3, 0.4) is 0 Å². The largest absolute Gasteiger partial charge is 0.322 e. The van der Waals surface area contributed by atoms with Gasteiger partial charge in [0.2, 0.25) is 0 Å². The normalized spacial score (nSPS) is 56.2. The van der Waals surface area contributed by atoms with Crippen molar-refractivity contribution >= 4 is 0 Å². The van der Waals surface area contributed by atoms with E-state index < -0.39 is 0 Å². The number of rotatable bonds is 0. The molecule has 5 aliphatic heterocycles. The van der Waals surface area contributed by atoms with Gasteiger partial charge >= 0.3 is 0 Å². The van der Waals surface area contributed by atoms with E-state index in [2.05, 4.69) is 49.0 Å². The fraction of sp³-hybridized carbons (Fsp3) is 0.969. The van der Waals surface area contributed by atoms with E-state index in [1.54, 1.807) is 0 Å². The van der Waals surface area contributed by atoms with E-state index in [4.69, 9.17) is 0 Å². The summed E-state index contributed by atoms with van der Waals surface area (Å²) in [5.41, 5.74) is 0. The standard InChI is InChI=1S/C32H55N8.Ni/c1-2-10-18-17(9-1)25-33-26(18)38-28-21-13-5-6-14-22(21)30(35-28)40-32-24-16-8-7-15-23(24)31(36-32)39-29-20-12-4-3-11-19(20)27(34-29)37-25;/h9,17-40H,1-8,10-16H2;/q-1;. The smallest absolute Gasteiger partial charge is 0.0628 e. The van der Waals surface area contributed by atoms with E-state index in [1.807, 2.05) is 0 Å². The van der Waals surface area contributed by atoms with Crippen LogP contribution in [0.5, 0.6) is 0 Å². The second kappa shape index (κ2) is 11.8. The molecule has 41 heavy (non-hydrogen) atoms. The van der Waals surface area contributed by atoms with Crippen molar-refractivity contribution < 1.29 is 16.5 Å². The summed E-state index contributed by atoms with van der Waals surface area (Å²) in [5, 5.41) is 33.7. The Balaban J connectivity index is 0.00000256. The third kappa shape index (κ3) is 5.00. The number of hydrogen-bond acceptors (Lipinski definition) is 8. The summed E-state index contributed by atoms with van der Waals surface area (Å²) in [6.07, 6.45) is 26.4. The molecule has 16 atom stereocenters. The molecule has 9 fully saturated rings. The van der Waals surface area contributed by atoms with Gasteiger partial charge in [-0.1, -0.05) is 51.4 Å². The van der Waals surface area contributed by atoms with Crippen LogP contribution in [0, 0.1) is 53.8 Å². The maximum absolute atomic E-state index is 4.25. The Labute approximate surface area is 257 Å². The van der Waals surface area contributed by atoms with Crippen LogP contribution in [0.1, 0.15) is 96.3 Å². The van der Waals surface area contributed by atoms with Gasteiger partial charge in [0.25, 0.3) is 0 Å². The first-order valence-electron chi connectivity index (χ1n) is 17.7. The van der Waals surface area contributed by atoms with Gasteiger partial charge in [0.1, 0.15) is 0 Å². The van der Waals surface area contributed by atoms with Gasteiger partial charge in [-0.15, -0.1) is 5.92 Å². The zero-order valence-corrected chi connectivity index (χ0v) is 25.7. The SMILES string of the molecule is [CH-]1CCCC2C3NC(NC4NC(NC5NC(NC6NC(N3)C3CCCCC63)C3CCCCC53)C3CCCCC43)C12.[Ni]. The van der Waals surface area contributed by atoms with Crippen LogP contribution in [0.25, 0.3) is 0 Å². The molecule has 5 heterocycles. The minimum absolute atomic E-state index is 0. The molecule has 234 valence electrons. The van der Waals surface area contributed by atoms with Gasteiger partial charge in [-0.2, -0.15) is 6.42 Å². The molecular formula is C32H55N8Ni-. The second-order valence-corrected chi connectivity index (χ2v) is 15.4. The topological polar surface area (TPSA) is 96.2 Å². The molecule has 8 nitrogen and oxygen atoms in total. The Morgan fingerprint density at radius 1 is 0.317 bits per heavy atom.